The lowest BCUT2D eigenvalue weighted by atomic mass is 10.1. The zero-order valence-corrected chi connectivity index (χ0v) is 22.0. The molecule has 4 aromatic rings. The Kier molecular flexibility index (Phi) is 7.95. The summed E-state index contributed by atoms with van der Waals surface area (Å²) in [4.78, 5) is 16.5. The molecule has 0 amide bonds. The van der Waals surface area contributed by atoms with Crippen molar-refractivity contribution in [1.29, 1.82) is 0 Å². The molecule has 12 nitrogen and oxygen atoms in total. The molecular weight excluding hydrogens is 522 g/mol. The third-order valence-electron chi connectivity index (χ3n) is 5.67. The highest BCUT2D eigenvalue weighted by Crippen LogP contribution is 2.34. The van der Waals surface area contributed by atoms with E-state index < -0.39 is 26.9 Å². The lowest BCUT2D eigenvalue weighted by molar-refractivity contribution is 0.102. The zero-order chi connectivity index (χ0) is 26.6. The molecule has 0 aliphatic rings. The van der Waals surface area contributed by atoms with Crippen LogP contribution in [0, 0.1) is 0 Å². The van der Waals surface area contributed by atoms with Gasteiger partial charge >= 0.3 is 0 Å². The molecule has 0 aliphatic heterocycles. The highest BCUT2D eigenvalue weighted by atomic mass is 35.5. The van der Waals surface area contributed by atoms with Gasteiger partial charge in [-0.3, -0.25) is 9.55 Å². The molecular formula is C23H24ClN7O5S. The van der Waals surface area contributed by atoms with Crippen LogP contribution >= 0.6 is 11.6 Å². The maximum atomic E-state index is 13.7. The van der Waals surface area contributed by atoms with Crippen LogP contribution < -0.4 is 9.47 Å². The standard InChI is InChI=1S/C23H24ClN7O5S/c1-14(20(34-2)15-7-8-17(24)26-11-15)37(32,33)12-18-29-30-21(16-6-5-9-25-10-16)31(18)19-22(35-3)27-13-28-23(19)36-4/h5-11,13-14,20H,12H2,1-4H3/t14-,20-/m0/s1. The van der Waals surface area contributed by atoms with Crippen molar-refractivity contribution in [3.63, 3.8) is 0 Å². The van der Waals surface area contributed by atoms with Gasteiger partial charge in [0.05, 0.1) is 19.5 Å². The van der Waals surface area contributed by atoms with Crippen molar-refractivity contribution in [1.82, 2.24) is 34.7 Å². The fourth-order valence-electron chi connectivity index (χ4n) is 3.82. The van der Waals surface area contributed by atoms with Crippen LogP contribution in [0.15, 0.2) is 49.2 Å². The lowest BCUT2D eigenvalue weighted by Crippen LogP contribution is -2.29. The fourth-order valence-corrected chi connectivity index (χ4v) is 5.38. The Morgan fingerprint density at radius 2 is 1.73 bits per heavy atom. The number of nitrogens with zero attached hydrogens (tertiary/aromatic N) is 7. The minimum absolute atomic E-state index is 0.0983. The van der Waals surface area contributed by atoms with Crippen LogP contribution in [0.1, 0.15) is 24.4 Å². The molecule has 2 atom stereocenters. The van der Waals surface area contributed by atoms with Gasteiger partial charge in [0.2, 0.25) is 11.8 Å². The van der Waals surface area contributed by atoms with E-state index in [0.29, 0.717) is 17.0 Å². The van der Waals surface area contributed by atoms with E-state index in [9.17, 15) is 8.42 Å². The van der Waals surface area contributed by atoms with E-state index in [1.165, 1.54) is 38.4 Å². The summed E-state index contributed by atoms with van der Waals surface area (Å²) in [5, 5.41) is 7.82. The number of halogens is 1. The van der Waals surface area contributed by atoms with E-state index in [-0.39, 0.29) is 28.4 Å². The van der Waals surface area contributed by atoms with Gasteiger partial charge in [-0.15, -0.1) is 10.2 Å². The summed E-state index contributed by atoms with van der Waals surface area (Å²) in [6.45, 7) is 1.56. The fraction of sp³-hybridized carbons (Fsp3) is 0.304. The second-order valence-electron chi connectivity index (χ2n) is 7.84. The molecule has 194 valence electrons. The quantitative estimate of drug-likeness (QED) is 0.271. The van der Waals surface area contributed by atoms with Crippen molar-refractivity contribution in [3.8, 4) is 28.8 Å². The number of sulfone groups is 1. The number of methoxy groups -OCH3 is 3. The van der Waals surface area contributed by atoms with Gasteiger partial charge in [0, 0.05) is 36.8 Å². The summed E-state index contributed by atoms with van der Waals surface area (Å²) < 4.78 is 45.3. The van der Waals surface area contributed by atoms with Crippen LogP contribution in [0.3, 0.4) is 0 Å². The van der Waals surface area contributed by atoms with Crippen molar-refractivity contribution in [3.05, 3.63) is 65.7 Å². The van der Waals surface area contributed by atoms with Gasteiger partial charge in [0.1, 0.15) is 23.3 Å². The Hall–Kier alpha value is -3.68. The van der Waals surface area contributed by atoms with Gasteiger partial charge in [-0.2, -0.15) is 9.97 Å². The first-order valence-corrected chi connectivity index (χ1v) is 13.0. The average molecular weight is 546 g/mol. The topological polar surface area (TPSA) is 144 Å². The average Bonchev–Trinajstić information content (AvgIpc) is 3.32. The lowest BCUT2D eigenvalue weighted by Gasteiger charge is -2.23. The molecule has 0 saturated carbocycles. The summed E-state index contributed by atoms with van der Waals surface area (Å²) in [6, 6.07) is 6.75. The monoisotopic (exact) mass is 545 g/mol. The molecule has 0 radical (unpaired) electrons. The Morgan fingerprint density at radius 1 is 1.00 bits per heavy atom. The molecule has 0 unspecified atom stereocenters. The highest BCUT2D eigenvalue weighted by Gasteiger charge is 2.34. The minimum Gasteiger partial charge on any atom is -0.479 e. The third-order valence-corrected chi connectivity index (χ3v) is 7.94. The molecule has 4 heterocycles. The number of hydrogen-bond donors (Lipinski definition) is 0. The van der Waals surface area contributed by atoms with Gasteiger partial charge < -0.3 is 14.2 Å². The zero-order valence-electron chi connectivity index (χ0n) is 20.4. The maximum Gasteiger partial charge on any atom is 0.245 e. The molecule has 0 bridgehead atoms. The number of pyridine rings is 2. The van der Waals surface area contributed by atoms with Gasteiger partial charge in [0.15, 0.2) is 27.2 Å². The molecule has 4 rings (SSSR count). The van der Waals surface area contributed by atoms with Gasteiger partial charge in [-0.25, -0.2) is 13.4 Å². The van der Waals surface area contributed by atoms with Crippen LogP contribution in [0.2, 0.25) is 5.15 Å². The maximum absolute atomic E-state index is 13.7. The van der Waals surface area contributed by atoms with Crippen molar-refractivity contribution in [2.75, 3.05) is 21.3 Å². The van der Waals surface area contributed by atoms with E-state index in [4.69, 9.17) is 25.8 Å². The van der Waals surface area contributed by atoms with Crippen LogP contribution in [0.4, 0.5) is 0 Å². The van der Waals surface area contributed by atoms with Gasteiger partial charge in [0.25, 0.3) is 0 Å². The molecule has 37 heavy (non-hydrogen) atoms. The van der Waals surface area contributed by atoms with Crippen LogP contribution in [0.5, 0.6) is 11.8 Å². The van der Waals surface area contributed by atoms with Crippen molar-refractivity contribution >= 4 is 21.4 Å². The third kappa shape index (κ3) is 5.38. The highest BCUT2D eigenvalue weighted by molar-refractivity contribution is 7.91. The van der Waals surface area contributed by atoms with E-state index >= 15 is 0 Å². The molecule has 0 N–H and O–H groups in total. The first kappa shape index (κ1) is 26.4. The van der Waals surface area contributed by atoms with Crippen molar-refractivity contribution in [2.45, 2.75) is 24.0 Å². The van der Waals surface area contributed by atoms with Crippen molar-refractivity contribution in [2.24, 2.45) is 0 Å². The van der Waals surface area contributed by atoms with Crippen molar-refractivity contribution < 1.29 is 22.6 Å². The first-order valence-electron chi connectivity index (χ1n) is 10.9. The number of ether oxygens (including phenoxy) is 3. The van der Waals surface area contributed by atoms with Crippen LogP contribution in [0.25, 0.3) is 17.1 Å². The minimum atomic E-state index is -3.87. The van der Waals surface area contributed by atoms with E-state index in [1.807, 2.05) is 0 Å². The predicted molar refractivity (Wildman–Crippen MR) is 134 cm³/mol. The molecule has 0 aliphatic carbocycles. The summed E-state index contributed by atoms with van der Waals surface area (Å²) in [5.41, 5.74) is 1.40. The number of aromatic nitrogens is 7. The molecule has 14 heteroatoms. The summed E-state index contributed by atoms with van der Waals surface area (Å²) >= 11 is 5.89. The molecule has 0 fully saturated rings. The normalized spacial score (nSPS) is 13.2. The summed E-state index contributed by atoms with van der Waals surface area (Å²) in [6.07, 6.45) is 5.16. The van der Waals surface area contributed by atoms with Gasteiger partial charge in [-0.1, -0.05) is 17.7 Å². The Bertz CT molecular complexity index is 1440. The second kappa shape index (κ2) is 11.2. The summed E-state index contributed by atoms with van der Waals surface area (Å²) in [7, 11) is 0.431. The molecule has 4 aromatic heterocycles. The molecule has 0 aromatic carbocycles. The molecule has 0 spiro atoms. The van der Waals surface area contributed by atoms with Gasteiger partial charge in [-0.05, 0) is 25.1 Å². The second-order valence-corrected chi connectivity index (χ2v) is 10.6. The van der Waals surface area contributed by atoms with E-state index in [0.717, 1.165) is 0 Å². The first-order chi connectivity index (χ1) is 17.8. The smallest absolute Gasteiger partial charge is 0.245 e. The van der Waals surface area contributed by atoms with Crippen LogP contribution in [-0.2, 0) is 20.3 Å². The predicted octanol–water partition coefficient (Wildman–Crippen LogP) is 2.88. The number of rotatable bonds is 10. The van der Waals surface area contributed by atoms with Crippen LogP contribution in [-0.4, -0.2) is 69.7 Å². The summed E-state index contributed by atoms with van der Waals surface area (Å²) in [5.74, 6) is 0.212. The van der Waals surface area contributed by atoms with E-state index in [1.54, 1.807) is 43.6 Å². The number of hydrogen-bond acceptors (Lipinski definition) is 11. The largest absolute Gasteiger partial charge is 0.479 e. The SMILES string of the molecule is COc1ncnc(OC)c1-n1c(CS(=O)(=O)[C@@H](C)[C@H](OC)c2ccc(Cl)nc2)nnc1-c1cccnc1. The Morgan fingerprint density at radius 3 is 2.30 bits per heavy atom. The van der Waals surface area contributed by atoms with E-state index in [2.05, 4.69) is 30.1 Å². The Balaban J connectivity index is 1.83. The molecule has 0 saturated heterocycles. The Labute approximate surface area is 218 Å².